The Hall–Kier alpha value is -2.73. The third kappa shape index (κ3) is 4.03. The van der Waals surface area contributed by atoms with Crippen LogP contribution < -0.4 is 5.32 Å². The quantitative estimate of drug-likeness (QED) is 0.469. The summed E-state index contributed by atoms with van der Waals surface area (Å²) in [5.74, 6) is 1.57. The molecule has 4 rings (SSSR count). The van der Waals surface area contributed by atoms with Gasteiger partial charge in [-0.1, -0.05) is 18.2 Å². The summed E-state index contributed by atoms with van der Waals surface area (Å²) in [6.45, 7) is 3.51. The summed E-state index contributed by atoms with van der Waals surface area (Å²) >= 11 is 0. The molecule has 6 heteroatoms. The largest absolute Gasteiger partial charge is 0.370 e. The van der Waals surface area contributed by atoms with Crippen LogP contribution in [0.15, 0.2) is 24.3 Å². The van der Waals surface area contributed by atoms with E-state index in [0.29, 0.717) is 11.4 Å². The molecule has 0 aliphatic heterocycles. The molecule has 0 fully saturated rings. The molecule has 2 N–H and O–H groups in total. The number of aryl methyl sites for hydroxylation is 1. The predicted octanol–water partition coefficient (Wildman–Crippen LogP) is 4.07. The van der Waals surface area contributed by atoms with E-state index >= 15 is 0 Å². The summed E-state index contributed by atoms with van der Waals surface area (Å²) in [5.41, 5.74) is 4.70. The second-order valence-corrected chi connectivity index (χ2v) is 8.09. The van der Waals surface area contributed by atoms with Crippen molar-refractivity contribution >= 4 is 22.5 Å². The first-order valence-corrected chi connectivity index (χ1v) is 10.4. The number of nitrogens with one attached hydrogen (secondary N) is 2. The molecule has 2 aromatic heterocycles. The standard InChI is InChI=1S/C23H29N5O/c1-15(29)20-16-9-4-6-11-18(16)25-21(20)23-26-19-12-7-5-10-17(19)22(27-23)24-13-8-14-28(2)3/h4,6,9,11,25H,5,7-8,10,12-14H2,1-3H3,(H,24,26,27). The summed E-state index contributed by atoms with van der Waals surface area (Å²) in [7, 11) is 4.17. The minimum atomic E-state index is 0.0271. The van der Waals surface area contributed by atoms with Crippen LogP contribution in [-0.2, 0) is 12.8 Å². The van der Waals surface area contributed by atoms with E-state index in [1.165, 1.54) is 12.0 Å². The van der Waals surface area contributed by atoms with Crippen molar-refractivity contribution in [3.8, 4) is 11.5 Å². The molecule has 29 heavy (non-hydrogen) atoms. The molecule has 152 valence electrons. The van der Waals surface area contributed by atoms with Gasteiger partial charge in [-0.05, 0) is 65.7 Å². The van der Waals surface area contributed by atoms with Crippen molar-refractivity contribution in [3.05, 3.63) is 41.1 Å². The van der Waals surface area contributed by atoms with Crippen molar-refractivity contribution in [1.29, 1.82) is 0 Å². The molecule has 0 unspecified atom stereocenters. The van der Waals surface area contributed by atoms with Gasteiger partial charge in [0.15, 0.2) is 11.6 Å². The topological polar surface area (TPSA) is 73.9 Å². The lowest BCUT2D eigenvalue weighted by Gasteiger charge is -2.20. The Kier molecular flexibility index (Phi) is 5.62. The molecular formula is C23H29N5O. The van der Waals surface area contributed by atoms with E-state index in [4.69, 9.17) is 9.97 Å². The van der Waals surface area contributed by atoms with Crippen LogP contribution in [0, 0.1) is 0 Å². The van der Waals surface area contributed by atoms with Crippen LogP contribution in [0.4, 0.5) is 5.82 Å². The van der Waals surface area contributed by atoms with Crippen molar-refractivity contribution in [2.75, 3.05) is 32.5 Å². The Morgan fingerprint density at radius 1 is 1.17 bits per heavy atom. The number of nitrogens with zero attached hydrogens (tertiary/aromatic N) is 3. The van der Waals surface area contributed by atoms with Crippen molar-refractivity contribution in [1.82, 2.24) is 19.9 Å². The summed E-state index contributed by atoms with van der Waals surface area (Å²) < 4.78 is 0. The second kappa shape index (κ2) is 8.33. The molecule has 0 bridgehead atoms. The number of hydrogen-bond acceptors (Lipinski definition) is 5. The zero-order valence-corrected chi connectivity index (χ0v) is 17.5. The molecule has 0 radical (unpaired) electrons. The normalized spacial score (nSPS) is 13.7. The van der Waals surface area contributed by atoms with Crippen LogP contribution in [0.25, 0.3) is 22.4 Å². The van der Waals surface area contributed by atoms with Gasteiger partial charge in [-0.15, -0.1) is 0 Å². The fraction of sp³-hybridized carbons (Fsp3) is 0.435. The molecule has 1 aromatic carbocycles. The number of carbonyl (C=O) groups is 1. The van der Waals surface area contributed by atoms with E-state index in [1.807, 2.05) is 24.3 Å². The van der Waals surface area contributed by atoms with Gasteiger partial charge in [0, 0.05) is 28.7 Å². The maximum atomic E-state index is 12.5. The Morgan fingerprint density at radius 3 is 2.76 bits per heavy atom. The van der Waals surface area contributed by atoms with Gasteiger partial charge in [-0.25, -0.2) is 9.97 Å². The number of carbonyl (C=O) groups excluding carboxylic acids is 1. The van der Waals surface area contributed by atoms with E-state index < -0.39 is 0 Å². The van der Waals surface area contributed by atoms with E-state index in [2.05, 4.69) is 29.3 Å². The lowest BCUT2D eigenvalue weighted by molar-refractivity contribution is 0.102. The van der Waals surface area contributed by atoms with Crippen LogP contribution in [0.1, 0.15) is 47.8 Å². The van der Waals surface area contributed by atoms with E-state index in [1.54, 1.807) is 6.92 Å². The SMILES string of the molecule is CC(=O)c1c(-c2nc3c(c(NCCCN(C)C)n2)CCCC3)[nH]c2ccccc12. The van der Waals surface area contributed by atoms with Gasteiger partial charge in [0.1, 0.15) is 5.82 Å². The number of hydrogen-bond donors (Lipinski definition) is 2. The van der Waals surface area contributed by atoms with Gasteiger partial charge in [0.25, 0.3) is 0 Å². The number of benzene rings is 1. The summed E-state index contributed by atoms with van der Waals surface area (Å²) in [4.78, 5) is 27.8. The highest BCUT2D eigenvalue weighted by Crippen LogP contribution is 2.32. The minimum Gasteiger partial charge on any atom is -0.370 e. The number of rotatable bonds is 7. The van der Waals surface area contributed by atoms with E-state index in [9.17, 15) is 4.79 Å². The first-order valence-electron chi connectivity index (χ1n) is 10.4. The number of anilines is 1. The Labute approximate surface area is 171 Å². The van der Waals surface area contributed by atoms with Gasteiger partial charge < -0.3 is 15.2 Å². The molecule has 0 saturated heterocycles. The highest BCUT2D eigenvalue weighted by molar-refractivity contribution is 6.11. The fourth-order valence-corrected chi connectivity index (χ4v) is 4.13. The van der Waals surface area contributed by atoms with E-state index in [-0.39, 0.29) is 5.78 Å². The van der Waals surface area contributed by atoms with E-state index in [0.717, 1.165) is 66.9 Å². The lowest BCUT2D eigenvalue weighted by atomic mass is 9.96. The lowest BCUT2D eigenvalue weighted by Crippen LogP contribution is -2.18. The third-order valence-corrected chi connectivity index (χ3v) is 5.54. The maximum Gasteiger partial charge on any atom is 0.179 e. The van der Waals surface area contributed by atoms with Crippen LogP contribution in [0.3, 0.4) is 0 Å². The molecule has 2 heterocycles. The molecule has 0 amide bonds. The van der Waals surface area contributed by atoms with Gasteiger partial charge in [0.05, 0.1) is 11.3 Å². The highest BCUT2D eigenvalue weighted by atomic mass is 16.1. The van der Waals surface area contributed by atoms with Gasteiger partial charge in [0.2, 0.25) is 0 Å². The number of aromatic nitrogens is 3. The Bertz CT molecular complexity index is 1040. The molecule has 0 saturated carbocycles. The summed E-state index contributed by atoms with van der Waals surface area (Å²) in [6, 6.07) is 7.89. The van der Waals surface area contributed by atoms with Crippen molar-refractivity contribution in [3.63, 3.8) is 0 Å². The molecule has 3 aromatic rings. The maximum absolute atomic E-state index is 12.5. The Balaban J connectivity index is 1.76. The van der Waals surface area contributed by atoms with Gasteiger partial charge >= 0.3 is 0 Å². The van der Waals surface area contributed by atoms with Crippen LogP contribution in [-0.4, -0.2) is 52.8 Å². The van der Waals surface area contributed by atoms with Crippen LogP contribution >= 0.6 is 0 Å². The molecule has 1 aliphatic rings. The van der Waals surface area contributed by atoms with Gasteiger partial charge in [-0.3, -0.25) is 4.79 Å². The number of Topliss-reactive ketones (excluding diaryl/α,β-unsaturated/α-hetero) is 1. The summed E-state index contributed by atoms with van der Waals surface area (Å²) in [5, 5.41) is 4.47. The number of para-hydroxylation sites is 1. The average Bonchev–Trinajstić information content (AvgIpc) is 3.10. The number of H-pyrrole nitrogens is 1. The second-order valence-electron chi connectivity index (χ2n) is 8.09. The van der Waals surface area contributed by atoms with Crippen LogP contribution in [0.5, 0.6) is 0 Å². The molecule has 6 nitrogen and oxygen atoms in total. The number of fused-ring (bicyclic) bond motifs is 2. The monoisotopic (exact) mass is 391 g/mol. The molecule has 1 aliphatic carbocycles. The first kappa shape index (κ1) is 19.6. The van der Waals surface area contributed by atoms with Crippen molar-refractivity contribution < 1.29 is 4.79 Å². The molecular weight excluding hydrogens is 362 g/mol. The minimum absolute atomic E-state index is 0.0271. The van der Waals surface area contributed by atoms with Crippen molar-refractivity contribution in [2.45, 2.75) is 39.0 Å². The molecule has 0 atom stereocenters. The molecule has 0 spiro atoms. The number of ketones is 1. The van der Waals surface area contributed by atoms with Crippen molar-refractivity contribution in [2.24, 2.45) is 0 Å². The van der Waals surface area contributed by atoms with Gasteiger partial charge in [-0.2, -0.15) is 0 Å². The smallest absolute Gasteiger partial charge is 0.179 e. The highest BCUT2D eigenvalue weighted by Gasteiger charge is 2.23. The first-order chi connectivity index (χ1) is 14.0. The number of aromatic amines is 1. The summed E-state index contributed by atoms with van der Waals surface area (Å²) in [6.07, 6.45) is 5.35. The zero-order valence-electron chi connectivity index (χ0n) is 17.5. The predicted molar refractivity (Wildman–Crippen MR) is 118 cm³/mol. The zero-order chi connectivity index (χ0) is 20.4. The third-order valence-electron chi connectivity index (χ3n) is 5.54. The average molecular weight is 392 g/mol. The Morgan fingerprint density at radius 2 is 1.97 bits per heavy atom. The fourth-order valence-electron chi connectivity index (χ4n) is 4.13. The van der Waals surface area contributed by atoms with Crippen LogP contribution in [0.2, 0.25) is 0 Å².